The summed E-state index contributed by atoms with van der Waals surface area (Å²) in [5.74, 6) is 1.30. The molecule has 1 atom stereocenters. The van der Waals surface area contributed by atoms with Crippen LogP contribution in [0.25, 0.3) is 11.0 Å². The number of hydrogen-bond donors (Lipinski definition) is 3. The molecule has 0 radical (unpaired) electrons. The van der Waals surface area contributed by atoms with Gasteiger partial charge in [-0.3, -0.25) is 0 Å². The van der Waals surface area contributed by atoms with Crippen molar-refractivity contribution in [3.63, 3.8) is 0 Å². The Balaban J connectivity index is 2.00. The van der Waals surface area contributed by atoms with E-state index in [-0.39, 0.29) is 6.17 Å². The standard InChI is InChI=1S/C13H11N5S/c14-12-16-11(10-6-3-7-19-10)18-9-5-2-1-4-8(9)15-13(18)17-12/h1-7,11H,(H3,14,15,16,17)/p+1/t11-/m0/s1. The van der Waals surface area contributed by atoms with Crippen molar-refractivity contribution >= 4 is 34.3 Å². The van der Waals surface area contributed by atoms with Crippen LogP contribution in [0.1, 0.15) is 11.0 Å². The molecule has 19 heavy (non-hydrogen) atoms. The van der Waals surface area contributed by atoms with Gasteiger partial charge in [-0.05, 0) is 23.6 Å². The van der Waals surface area contributed by atoms with Gasteiger partial charge in [0, 0.05) is 0 Å². The van der Waals surface area contributed by atoms with Crippen LogP contribution in [0.2, 0.25) is 0 Å². The van der Waals surface area contributed by atoms with Gasteiger partial charge in [-0.25, -0.2) is 10.3 Å². The van der Waals surface area contributed by atoms with Crippen molar-refractivity contribution in [2.24, 2.45) is 10.7 Å². The van der Waals surface area contributed by atoms with Crippen molar-refractivity contribution in [3.8, 4) is 0 Å². The van der Waals surface area contributed by atoms with Crippen LogP contribution < -0.4 is 15.6 Å². The summed E-state index contributed by atoms with van der Waals surface area (Å²) < 4.78 is 2.14. The number of nitrogens with two attached hydrogens (primary N) is 1. The van der Waals surface area contributed by atoms with E-state index in [1.54, 1.807) is 11.3 Å². The number of nitrogens with zero attached hydrogens (tertiary/aromatic N) is 2. The summed E-state index contributed by atoms with van der Waals surface area (Å²) in [6.45, 7) is 0. The highest BCUT2D eigenvalue weighted by Crippen LogP contribution is 2.26. The number of aromatic nitrogens is 2. The second kappa shape index (κ2) is 3.83. The van der Waals surface area contributed by atoms with Crippen LogP contribution >= 0.6 is 11.3 Å². The molecular formula is C13H12N5S+. The Bertz CT molecular complexity index is 772. The lowest BCUT2D eigenvalue weighted by atomic mass is 10.3. The Morgan fingerprint density at radius 1 is 1.21 bits per heavy atom. The molecule has 0 saturated heterocycles. The average Bonchev–Trinajstić information content (AvgIpc) is 3.04. The van der Waals surface area contributed by atoms with Gasteiger partial charge in [-0.2, -0.15) is 9.56 Å². The van der Waals surface area contributed by atoms with Gasteiger partial charge in [0.25, 0.3) is 5.96 Å². The Morgan fingerprint density at radius 3 is 2.95 bits per heavy atom. The molecular weight excluding hydrogens is 258 g/mol. The molecule has 1 aliphatic heterocycles. The fourth-order valence-electron chi connectivity index (χ4n) is 2.42. The van der Waals surface area contributed by atoms with Gasteiger partial charge >= 0.3 is 5.95 Å². The maximum Gasteiger partial charge on any atom is 0.365 e. The predicted octanol–water partition coefficient (Wildman–Crippen LogP) is 1.80. The van der Waals surface area contributed by atoms with Crippen molar-refractivity contribution in [1.82, 2.24) is 4.98 Å². The minimum atomic E-state index is -0.104. The molecule has 0 unspecified atom stereocenters. The molecule has 2 aromatic heterocycles. The van der Waals surface area contributed by atoms with E-state index < -0.39 is 0 Å². The SMILES string of the molecule is NC1=N[C@H](c2cccs2)[n+]2c([nH]c3ccccc32)N1. The van der Waals surface area contributed by atoms with Gasteiger partial charge < -0.3 is 5.73 Å². The number of imidazole rings is 1. The Morgan fingerprint density at radius 2 is 2.11 bits per heavy atom. The number of H-pyrrole nitrogens is 1. The van der Waals surface area contributed by atoms with Crippen LogP contribution in [0.4, 0.5) is 5.95 Å². The van der Waals surface area contributed by atoms with Crippen molar-refractivity contribution < 1.29 is 4.57 Å². The summed E-state index contributed by atoms with van der Waals surface area (Å²) >= 11 is 1.68. The molecule has 0 saturated carbocycles. The normalized spacial score (nSPS) is 17.9. The number of anilines is 1. The number of guanidine groups is 1. The summed E-state index contributed by atoms with van der Waals surface area (Å²) in [7, 11) is 0. The van der Waals surface area contributed by atoms with Crippen LogP contribution in [-0.4, -0.2) is 10.9 Å². The van der Waals surface area contributed by atoms with Crippen LogP contribution in [0.5, 0.6) is 0 Å². The third kappa shape index (κ3) is 1.53. The monoisotopic (exact) mass is 270 g/mol. The van der Waals surface area contributed by atoms with Crippen molar-refractivity contribution in [3.05, 3.63) is 46.7 Å². The van der Waals surface area contributed by atoms with E-state index >= 15 is 0 Å². The van der Waals surface area contributed by atoms with Gasteiger partial charge in [0.1, 0.15) is 11.0 Å². The van der Waals surface area contributed by atoms with Crippen LogP contribution in [0.3, 0.4) is 0 Å². The van der Waals surface area contributed by atoms with Crippen molar-refractivity contribution in [2.45, 2.75) is 6.17 Å². The third-order valence-electron chi connectivity index (χ3n) is 3.21. The minimum Gasteiger partial charge on any atom is -0.357 e. The first-order valence-corrected chi connectivity index (χ1v) is 6.87. The minimum absolute atomic E-state index is 0.104. The maximum absolute atomic E-state index is 5.88. The number of hydrogen-bond acceptors (Lipinski definition) is 4. The molecule has 0 spiro atoms. The zero-order valence-electron chi connectivity index (χ0n) is 10.00. The smallest absolute Gasteiger partial charge is 0.357 e. The van der Waals surface area contributed by atoms with E-state index in [1.165, 1.54) is 4.88 Å². The summed E-state index contributed by atoms with van der Waals surface area (Å²) in [5, 5.41) is 5.13. The lowest BCUT2D eigenvalue weighted by Crippen LogP contribution is -2.47. The number of nitrogens with one attached hydrogen (secondary N) is 2. The molecule has 4 rings (SSSR count). The topological polar surface area (TPSA) is 70.1 Å². The summed E-state index contributed by atoms with van der Waals surface area (Å²) in [5.41, 5.74) is 8.06. The zero-order chi connectivity index (χ0) is 12.8. The van der Waals surface area contributed by atoms with E-state index in [2.05, 4.69) is 37.4 Å². The van der Waals surface area contributed by atoms with Crippen molar-refractivity contribution in [1.29, 1.82) is 0 Å². The number of aromatic amines is 1. The van der Waals surface area contributed by atoms with E-state index in [0.29, 0.717) is 5.96 Å². The maximum atomic E-state index is 5.88. The first-order valence-electron chi connectivity index (χ1n) is 5.99. The van der Waals surface area contributed by atoms with Crippen LogP contribution in [-0.2, 0) is 0 Å². The average molecular weight is 270 g/mol. The summed E-state index contributed by atoms with van der Waals surface area (Å²) in [4.78, 5) is 9.03. The van der Waals surface area contributed by atoms with Crippen LogP contribution in [0, 0.1) is 0 Å². The van der Waals surface area contributed by atoms with E-state index in [9.17, 15) is 0 Å². The fraction of sp³-hybridized carbons (Fsp3) is 0.0769. The van der Waals surface area contributed by atoms with E-state index in [4.69, 9.17) is 5.73 Å². The lowest BCUT2D eigenvalue weighted by Gasteiger charge is -2.16. The van der Waals surface area contributed by atoms with Gasteiger partial charge in [0.2, 0.25) is 6.17 Å². The number of rotatable bonds is 1. The molecule has 0 bridgehead atoms. The second-order valence-corrected chi connectivity index (χ2v) is 5.37. The highest BCUT2D eigenvalue weighted by molar-refractivity contribution is 7.10. The molecule has 1 aliphatic rings. The number of benzene rings is 1. The number of aliphatic imine (C=N–C) groups is 1. The van der Waals surface area contributed by atoms with Gasteiger partial charge in [-0.1, -0.05) is 18.2 Å². The molecule has 1 aromatic carbocycles. The highest BCUT2D eigenvalue weighted by Gasteiger charge is 2.31. The largest absolute Gasteiger partial charge is 0.365 e. The third-order valence-corrected chi connectivity index (χ3v) is 4.12. The summed E-state index contributed by atoms with van der Waals surface area (Å²) in [6.07, 6.45) is -0.104. The second-order valence-electron chi connectivity index (χ2n) is 4.39. The molecule has 0 amide bonds. The van der Waals surface area contributed by atoms with Gasteiger partial charge in [-0.15, -0.1) is 11.3 Å². The van der Waals surface area contributed by atoms with Crippen molar-refractivity contribution in [2.75, 3.05) is 5.32 Å². The molecule has 0 fully saturated rings. The quantitative estimate of drug-likeness (QED) is 0.590. The van der Waals surface area contributed by atoms with Gasteiger partial charge in [0.05, 0.1) is 4.88 Å². The predicted molar refractivity (Wildman–Crippen MR) is 76.2 cm³/mol. The number of para-hydroxylation sites is 2. The fourth-order valence-corrected chi connectivity index (χ4v) is 3.17. The van der Waals surface area contributed by atoms with E-state index in [0.717, 1.165) is 17.0 Å². The Hall–Kier alpha value is -2.34. The molecule has 3 aromatic rings. The van der Waals surface area contributed by atoms with Gasteiger partial charge in [0.15, 0.2) is 0 Å². The molecule has 4 N–H and O–H groups in total. The summed E-state index contributed by atoms with van der Waals surface area (Å²) in [6, 6.07) is 12.3. The Kier molecular flexibility index (Phi) is 2.13. The molecule has 6 heteroatoms. The molecule has 5 nitrogen and oxygen atoms in total. The van der Waals surface area contributed by atoms with E-state index in [1.807, 2.05) is 24.3 Å². The number of fused-ring (bicyclic) bond motifs is 3. The first-order chi connectivity index (χ1) is 9.33. The highest BCUT2D eigenvalue weighted by atomic mass is 32.1. The molecule has 0 aliphatic carbocycles. The molecule has 94 valence electrons. The first kappa shape index (κ1) is 10.6. The molecule has 3 heterocycles. The lowest BCUT2D eigenvalue weighted by molar-refractivity contribution is -0.673. The van der Waals surface area contributed by atoms with Crippen LogP contribution in [0.15, 0.2) is 46.8 Å². The number of thiophene rings is 1. The zero-order valence-corrected chi connectivity index (χ0v) is 10.8. The Labute approximate surface area is 113 Å².